The van der Waals surface area contributed by atoms with E-state index in [4.69, 9.17) is 45.3 Å². The molecule has 49 heavy (non-hydrogen) atoms. The van der Waals surface area contributed by atoms with Crippen molar-refractivity contribution < 1.29 is 153 Å². The van der Waals surface area contributed by atoms with Gasteiger partial charge in [0.25, 0.3) is 6.47 Å². The van der Waals surface area contributed by atoms with Gasteiger partial charge in [0.15, 0.2) is 0 Å². The van der Waals surface area contributed by atoms with Crippen LogP contribution in [0.15, 0.2) is 86.0 Å². The normalized spacial score (nSPS) is 17.4. The van der Waals surface area contributed by atoms with Crippen LogP contribution in [0.3, 0.4) is 0 Å². The maximum atomic E-state index is 9.95. The first-order valence-electron chi connectivity index (χ1n) is 15.0. The Morgan fingerprint density at radius 3 is 1.86 bits per heavy atom. The van der Waals surface area contributed by atoms with Crippen LogP contribution in [-0.2, 0) is 36.7 Å². The number of ether oxygens (including phenoxy) is 5. The second-order valence-electron chi connectivity index (χ2n) is 10.7. The van der Waals surface area contributed by atoms with Crippen molar-refractivity contribution in [2.45, 2.75) is 31.2 Å². The quantitative estimate of drug-likeness (QED) is 0.0363. The van der Waals surface area contributed by atoms with E-state index >= 15 is 0 Å². The fraction of sp³-hybridized carbons (Fsp3) is 0.306. The van der Waals surface area contributed by atoms with Crippen LogP contribution in [0.2, 0.25) is 0 Å². The molecule has 0 spiro atoms. The molecule has 2 N–H and O–H groups in total. The SMILES string of the molecule is C=CCc1ccc2c(O)cccc2c1O.C=CCc1ccc2c(OCC3CO3)cccc2c1OCC1CO1.ClCC1CO1.O=CO[O-].[H-].[K+].[K+]. The second-order valence-corrected chi connectivity index (χ2v) is 11.0. The summed E-state index contributed by atoms with van der Waals surface area (Å²) in [5, 5.41) is 31.4. The Morgan fingerprint density at radius 1 is 0.776 bits per heavy atom. The first-order valence-corrected chi connectivity index (χ1v) is 15.5. The number of hydrogen-bond acceptors (Lipinski definition) is 10. The summed E-state index contributed by atoms with van der Waals surface area (Å²) in [5.74, 6) is 2.86. The van der Waals surface area contributed by atoms with Gasteiger partial charge in [-0.05, 0) is 36.1 Å². The molecule has 3 aliphatic rings. The van der Waals surface area contributed by atoms with Crippen molar-refractivity contribution in [1.29, 1.82) is 0 Å². The summed E-state index contributed by atoms with van der Waals surface area (Å²) < 4.78 is 27.2. The topological polar surface area (TPSA) is 146 Å². The Labute approximate surface area is 377 Å². The Balaban J connectivity index is 0.000000399. The molecule has 3 heterocycles. The molecule has 4 aromatic rings. The summed E-state index contributed by atoms with van der Waals surface area (Å²) in [6.45, 7) is 10.9. The van der Waals surface area contributed by atoms with Crippen molar-refractivity contribution in [1.82, 2.24) is 0 Å². The van der Waals surface area contributed by atoms with E-state index in [1.54, 1.807) is 30.3 Å². The molecular formula is C36H39ClK2O10. The van der Waals surface area contributed by atoms with E-state index < -0.39 is 0 Å². The summed E-state index contributed by atoms with van der Waals surface area (Å²) in [5.41, 5.74) is 1.96. The molecule has 3 atom stereocenters. The van der Waals surface area contributed by atoms with Crippen molar-refractivity contribution in [2.24, 2.45) is 0 Å². The number of phenolic OH excluding ortho intramolecular Hbond substituents is 2. The number of phenols is 2. The van der Waals surface area contributed by atoms with E-state index in [2.05, 4.69) is 36.2 Å². The van der Waals surface area contributed by atoms with Crippen LogP contribution in [0.4, 0.5) is 0 Å². The molecule has 252 valence electrons. The standard InChI is InChI=1S/C19H20O4.C13H12O2.C3H5ClO.CH2O3.2K.H/c1-2-4-13-7-8-16-17(19(13)23-12-15-10-21-15)5-3-6-18(16)22-11-14-9-20-14;1-2-4-9-7-8-10-11(13(9)15)5-3-6-12(10)14;4-1-3-2-5-3;2-1-4-3;;;/h2-3,5-8,14-15H,1,4,9-12H2;2-3,5-8,14-15H,1,4H2;3H,1-2H2;1,3H;;;/q;;;;2*+1;-1/p-1. The van der Waals surface area contributed by atoms with Gasteiger partial charge >= 0.3 is 103 Å². The number of carbonyl (C=O) groups excluding carboxylic acids is 1. The molecule has 7 rings (SSSR count). The monoisotopic (exact) mass is 744 g/mol. The van der Waals surface area contributed by atoms with E-state index in [1.807, 2.05) is 24.3 Å². The predicted molar refractivity (Wildman–Crippen MR) is 178 cm³/mol. The number of rotatable bonds is 12. The van der Waals surface area contributed by atoms with Crippen LogP contribution in [0.1, 0.15) is 12.6 Å². The summed E-state index contributed by atoms with van der Waals surface area (Å²) in [4.78, 5) is 11.2. The van der Waals surface area contributed by atoms with Gasteiger partial charge in [0.05, 0.1) is 31.8 Å². The number of alkyl halides is 1. The first kappa shape index (κ1) is 44.1. The van der Waals surface area contributed by atoms with Gasteiger partial charge in [-0.1, -0.05) is 60.7 Å². The fourth-order valence-electron chi connectivity index (χ4n) is 4.49. The molecule has 0 bridgehead atoms. The zero-order valence-electron chi connectivity index (χ0n) is 28.8. The van der Waals surface area contributed by atoms with Crippen LogP contribution in [0.25, 0.3) is 21.5 Å². The Morgan fingerprint density at radius 2 is 1.31 bits per heavy atom. The van der Waals surface area contributed by atoms with Crippen molar-refractivity contribution in [2.75, 3.05) is 38.9 Å². The molecule has 0 aromatic heterocycles. The Bertz CT molecular complexity index is 1650. The molecule has 3 saturated heterocycles. The third kappa shape index (κ3) is 14.5. The van der Waals surface area contributed by atoms with Gasteiger partial charge in [-0.3, -0.25) is 4.79 Å². The smallest absolute Gasteiger partial charge is 1.00 e. The summed E-state index contributed by atoms with van der Waals surface area (Å²) in [7, 11) is 0. The van der Waals surface area contributed by atoms with Crippen LogP contribution in [-0.4, -0.2) is 73.9 Å². The zero-order chi connectivity index (χ0) is 33.6. The second kappa shape index (κ2) is 23.5. The Hall–Kier alpha value is -1.05. The van der Waals surface area contributed by atoms with Crippen LogP contribution >= 0.6 is 11.6 Å². The number of halogens is 1. The average Bonchev–Trinajstić information content (AvgIpc) is 3.93. The number of carbonyl (C=O) groups is 1. The van der Waals surface area contributed by atoms with E-state index in [9.17, 15) is 10.2 Å². The van der Waals surface area contributed by atoms with Gasteiger partial charge in [0.1, 0.15) is 48.4 Å². The summed E-state index contributed by atoms with van der Waals surface area (Å²) in [6.07, 6.45) is 5.91. The molecule has 0 aliphatic carbocycles. The van der Waals surface area contributed by atoms with Crippen LogP contribution in [0, 0.1) is 0 Å². The van der Waals surface area contributed by atoms with E-state index in [-0.39, 0.29) is 134 Å². The predicted octanol–water partition coefficient (Wildman–Crippen LogP) is -0.718. The minimum absolute atomic E-state index is 0. The number of fused-ring (bicyclic) bond motifs is 2. The molecule has 3 unspecified atom stereocenters. The maximum absolute atomic E-state index is 9.95. The first-order chi connectivity index (χ1) is 22.9. The largest absolute Gasteiger partial charge is 1.00 e. The maximum Gasteiger partial charge on any atom is 1.00 e. The number of benzene rings is 4. The van der Waals surface area contributed by atoms with E-state index in [0.717, 1.165) is 59.6 Å². The van der Waals surface area contributed by atoms with E-state index in [0.29, 0.717) is 42.4 Å². The van der Waals surface area contributed by atoms with Gasteiger partial charge in [0, 0.05) is 21.5 Å². The molecule has 3 aliphatic heterocycles. The average molecular weight is 745 g/mol. The molecule has 13 heteroatoms. The van der Waals surface area contributed by atoms with Crippen LogP contribution < -0.4 is 118 Å². The van der Waals surface area contributed by atoms with Crippen molar-refractivity contribution in [3.8, 4) is 23.0 Å². The number of aromatic hydroxyl groups is 2. The zero-order valence-corrected chi connectivity index (χ0v) is 34.8. The van der Waals surface area contributed by atoms with Crippen molar-refractivity contribution in [3.63, 3.8) is 0 Å². The van der Waals surface area contributed by atoms with Crippen molar-refractivity contribution in [3.05, 3.63) is 97.1 Å². The third-order valence-corrected chi connectivity index (χ3v) is 7.48. The fourth-order valence-corrected chi connectivity index (χ4v) is 4.67. The summed E-state index contributed by atoms with van der Waals surface area (Å²) >= 11 is 5.27. The minimum atomic E-state index is -0.181. The molecule has 0 radical (unpaired) electrons. The number of hydrogen-bond donors (Lipinski definition) is 2. The molecule has 0 amide bonds. The summed E-state index contributed by atoms with van der Waals surface area (Å²) in [6, 6.07) is 19.0. The van der Waals surface area contributed by atoms with Gasteiger partial charge in [-0.2, -0.15) is 0 Å². The molecule has 10 nitrogen and oxygen atoms in total. The molecule has 0 saturated carbocycles. The van der Waals surface area contributed by atoms with Crippen molar-refractivity contribution >= 4 is 39.6 Å². The van der Waals surface area contributed by atoms with E-state index in [1.165, 1.54) is 0 Å². The molecule has 4 aromatic carbocycles. The third-order valence-electron chi connectivity index (χ3n) is 7.13. The minimum Gasteiger partial charge on any atom is -1.00 e. The molecular weight excluding hydrogens is 706 g/mol. The molecule has 3 fully saturated rings. The van der Waals surface area contributed by atoms with Gasteiger partial charge in [-0.15, -0.1) is 24.8 Å². The number of allylic oxidation sites excluding steroid dienone is 2. The van der Waals surface area contributed by atoms with Gasteiger partial charge < -0.3 is 45.5 Å². The Kier molecular flexibility index (Phi) is 21.2. The van der Waals surface area contributed by atoms with Crippen LogP contribution in [0.5, 0.6) is 23.0 Å². The van der Waals surface area contributed by atoms with Gasteiger partial charge in [0.2, 0.25) is 0 Å². The number of epoxide rings is 3. The van der Waals surface area contributed by atoms with Gasteiger partial charge in [-0.25, -0.2) is 0 Å².